The van der Waals surface area contributed by atoms with Crippen LogP contribution in [0.15, 0.2) is 6.20 Å². The molecule has 1 fully saturated rings. The molecule has 17 heavy (non-hydrogen) atoms. The second kappa shape index (κ2) is 4.27. The van der Waals surface area contributed by atoms with Crippen LogP contribution in [-0.4, -0.2) is 9.55 Å². The van der Waals surface area contributed by atoms with Gasteiger partial charge in [-0.3, -0.25) is 0 Å². The van der Waals surface area contributed by atoms with Gasteiger partial charge in [-0.25, -0.2) is 0 Å². The minimum atomic E-state index is 0.155. The van der Waals surface area contributed by atoms with Crippen molar-refractivity contribution >= 4 is 12.2 Å². The summed E-state index contributed by atoms with van der Waals surface area (Å²) in [5.74, 6) is 0. The van der Waals surface area contributed by atoms with Crippen LogP contribution in [-0.2, 0) is 12.0 Å². The molecule has 1 aliphatic carbocycles. The molecule has 1 saturated carbocycles. The van der Waals surface area contributed by atoms with Crippen molar-refractivity contribution in [3.05, 3.63) is 16.7 Å². The normalized spacial score (nSPS) is 19.8. The third kappa shape index (κ3) is 2.65. The number of H-pyrrole nitrogens is 1. The van der Waals surface area contributed by atoms with Gasteiger partial charge in [-0.15, -0.1) is 0 Å². The van der Waals surface area contributed by atoms with Crippen molar-refractivity contribution in [2.45, 2.75) is 65.3 Å². The molecule has 0 aromatic carbocycles. The summed E-state index contributed by atoms with van der Waals surface area (Å²) in [5, 5.41) is 0. The Morgan fingerprint density at radius 2 is 1.94 bits per heavy atom. The lowest BCUT2D eigenvalue weighted by Crippen LogP contribution is -2.25. The predicted molar refractivity (Wildman–Crippen MR) is 74.9 cm³/mol. The van der Waals surface area contributed by atoms with Gasteiger partial charge in [-0.1, -0.05) is 40.5 Å². The average molecular weight is 252 g/mol. The number of imidazole rings is 1. The van der Waals surface area contributed by atoms with E-state index >= 15 is 0 Å². The molecule has 1 aromatic heterocycles. The van der Waals surface area contributed by atoms with E-state index < -0.39 is 0 Å². The van der Waals surface area contributed by atoms with E-state index in [9.17, 15) is 0 Å². The minimum absolute atomic E-state index is 0.155. The van der Waals surface area contributed by atoms with Crippen molar-refractivity contribution in [3.8, 4) is 0 Å². The third-order valence-electron chi connectivity index (χ3n) is 3.99. The molecule has 1 aromatic rings. The standard InChI is InChI=1S/C14H24N2S/c1-13(2,3)11-9-15-12(17)16(11)10-14(4)7-5-6-8-14/h9H,5-8,10H2,1-4H3,(H,15,17). The summed E-state index contributed by atoms with van der Waals surface area (Å²) in [6.45, 7) is 10.2. The van der Waals surface area contributed by atoms with Crippen molar-refractivity contribution in [2.24, 2.45) is 5.41 Å². The Hall–Kier alpha value is -0.570. The molecule has 0 bridgehead atoms. The summed E-state index contributed by atoms with van der Waals surface area (Å²) >= 11 is 5.43. The highest BCUT2D eigenvalue weighted by Gasteiger charge is 2.31. The van der Waals surface area contributed by atoms with Gasteiger partial charge in [-0.05, 0) is 30.5 Å². The molecule has 96 valence electrons. The lowest BCUT2D eigenvalue weighted by atomic mass is 9.87. The van der Waals surface area contributed by atoms with E-state index in [1.807, 2.05) is 0 Å². The van der Waals surface area contributed by atoms with Crippen LogP contribution >= 0.6 is 12.2 Å². The van der Waals surface area contributed by atoms with Crippen LogP contribution in [0.25, 0.3) is 0 Å². The van der Waals surface area contributed by atoms with Gasteiger partial charge in [0.2, 0.25) is 0 Å². The first-order valence-electron chi connectivity index (χ1n) is 6.61. The number of rotatable bonds is 2. The first-order valence-corrected chi connectivity index (χ1v) is 7.01. The van der Waals surface area contributed by atoms with Gasteiger partial charge in [0.1, 0.15) is 0 Å². The Kier molecular flexibility index (Phi) is 3.23. The highest BCUT2D eigenvalue weighted by molar-refractivity contribution is 7.71. The van der Waals surface area contributed by atoms with E-state index in [4.69, 9.17) is 12.2 Å². The van der Waals surface area contributed by atoms with Crippen LogP contribution in [0.1, 0.15) is 59.1 Å². The molecule has 2 nitrogen and oxygen atoms in total. The van der Waals surface area contributed by atoms with Crippen molar-refractivity contribution < 1.29 is 0 Å². The maximum Gasteiger partial charge on any atom is 0.177 e. The maximum atomic E-state index is 5.43. The Morgan fingerprint density at radius 3 is 2.47 bits per heavy atom. The first-order chi connectivity index (χ1) is 7.82. The fraction of sp³-hybridized carbons (Fsp3) is 0.786. The van der Waals surface area contributed by atoms with Crippen LogP contribution in [0.4, 0.5) is 0 Å². The van der Waals surface area contributed by atoms with E-state index in [-0.39, 0.29) is 5.41 Å². The van der Waals surface area contributed by atoms with E-state index in [0.29, 0.717) is 5.41 Å². The van der Waals surface area contributed by atoms with Gasteiger partial charge >= 0.3 is 0 Å². The van der Waals surface area contributed by atoms with Crippen molar-refractivity contribution in [1.29, 1.82) is 0 Å². The summed E-state index contributed by atoms with van der Waals surface area (Å²) in [7, 11) is 0. The monoisotopic (exact) mass is 252 g/mol. The SMILES string of the molecule is CC1(Cn2c(C(C)(C)C)c[nH]c2=S)CCCC1. The number of nitrogens with one attached hydrogen (secondary N) is 1. The van der Waals surface area contributed by atoms with Gasteiger partial charge in [0, 0.05) is 23.9 Å². The van der Waals surface area contributed by atoms with E-state index in [0.717, 1.165) is 11.3 Å². The molecule has 1 N–H and O–H groups in total. The fourth-order valence-corrected chi connectivity index (χ4v) is 3.16. The molecular formula is C14H24N2S. The number of aromatic nitrogens is 2. The van der Waals surface area contributed by atoms with Crippen LogP contribution in [0, 0.1) is 10.2 Å². The summed E-state index contributed by atoms with van der Waals surface area (Å²) in [5.41, 5.74) is 1.93. The molecule has 0 radical (unpaired) electrons. The molecule has 0 saturated heterocycles. The van der Waals surface area contributed by atoms with Crippen LogP contribution < -0.4 is 0 Å². The van der Waals surface area contributed by atoms with Gasteiger partial charge in [0.15, 0.2) is 4.77 Å². The van der Waals surface area contributed by atoms with Gasteiger partial charge in [0.05, 0.1) is 0 Å². The highest BCUT2D eigenvalue weighted by atomic mass is 32.1. The van der Waals surface area contributed by atoms with Gasteiger partial charge in [-0.2, -0.15) is 0 Å². The molecule has 0 atom stereocenters. The molecule has 0 aliphatic heterocycles. The zero-order valence-electron chi connectivity index (χ0n) is 11.5. The maximum absolute atomic E-state index is 5.43. The predicted octanol–water partition coefficient (Wildman–Crippen LogP) is 4.42. The number of hydrogen-bond donors (Lipinski definition) is 1. The largest absolute Gasteiger partial charge is 0.337 e. The second-order valence-corrected chi connectivity index (χ2v) is 7.22. The quantitative estimate of drug-likeness (QED) is 0.773. The summed E-state index contributed by atoms with van der Waals surface area (Å²) in [4.78, 5) is 3.21. The summed E-state index contributed by atoms with van der Waals surface area (Å²) < 4.78 is 3.20. The van der Waals surface area contributed by atoms with Crippen LogP contribution in [0.5, 0.6) is 0 Å². The molecule has 3 heteroatoms. The van der Waals surface area contributed by atoms with Crippen LogP contribution in [0.2, 0.25) is 0 Å². The van der Waals surface area contributed by atoms with Crippen molar-refractivity contribution in [3.63, 3.8) is 0 Å². The molecule has 0 amide bonds. The summed E-state index contributed by atoms with van der Waals surface area (Å²) in [6.07, 6.45) is 7.51. The third-order valence-corrected chi connectivity index (χ3v) is 4.33. The zero-order chi connectivity index (χ0) is 12.7. The zero-order valence-corrected chi connectivity index (χ0v) is 12.3. The molecule has 1 aliphatic rings. The second-order valence-electron chi connectivity index (χ2n) is 6.83. The number of hydrogen-bond acceptors (Lipinski definition) is 1. The molecule has 2 rings (SSSR count). The Balaban J connectivity index is 2.32. The fourth-order valence-electron chi connectivity index (χ4n) is 2.94. The van der Waals surface area contributed by atoms with E-state index in [1.54, 1.807) is 0 Å². The van der Waals surface area contributed by atoms with Crippen LogP contribution in [0.3, 0.4) is 0 Å². The van der Waals surface area contributed by atoms with Crippen molar-refractivity contribution in [2.75, 3.05) is 0 Å². The number of aromatic amines is 1. The molecule has 1 heterocycles. The lowest BCUT2D eigenvalue weighted by Gasteiger charge is -2.28. The lowest BCUT2D eigenvalue weighted by molar-refractivity contribution is 0.271. The topological polar surface area (TPSA) is 20.7 Å². The number of nitrogens with zero attached hydrogens (tertiary/aromatic N) is 1. The highest BCUT2D eigenvalue weighted by Crippen LogP contribution is 2.39. The smallest absolute Gasteiger partial charge is 0.177 e. The van der Waals surface area contributed by atoms with Gasteiger partial charge in [0.25, 0.3) is 0 Å². The van der Waals surface area contributed by atoms with Crippen molar-refractivity contribution in [1.82, 2.24) is 9.55 Å². The van der Waals surface area contributed by atoms with E-state index in [2.05, 4.69) is 43.4 Å². The van der Waals surface area contributed by atoms with Gasteiger partial charge < -0.3 is 9.55 Å². The Labute approximate surface area is 109 Å². The molecule has 0 spiro atoms. The Morgan fingerprint density at radius 1 is 1.35 bits per heavy atom. The summed E-state index contributed by atoms with van der Waals surface area (Å²) in [6, 6.07) is 0. The first kappa shape index (κ1) is 12.9. The molecular weight excluding hydrogens is 228 g/mol. The molecule has 0 unspecified atom stereocenters. The Bertz CT molecular complexity index is 442. The minimum Gasteiger partial charge on any atom is -0.337 e. The van der Waals surface area contributed by atoms with E-state index in [1.165, 1.54) is 31.4 Å². The average Bonchev–Trinajstić information content (AvgIpc) is 2.75.